The van der Waals surface area contributed by atoms with Crippen LogP contribution in [0.1, 0.15) is 22.3 Å². The van der Waals surface area contributed by atoms with Gasteiger partial charge in [0.15, 0.2) is 4.34 Å². The number of anilines is 2. The molecule has 0 fully saturated rings. The second kappa shape index (κ2) is 8.32. The van der Waals surface area contributed by atoms with Gasteiger partial charge in [-0.05, 0) is 48.6 Å². The Morgan fingerprint density at radius 1 is 1.14 bits per heavy atom. The summed E-state index contributed by atoms with van der Waals surface area (Å²) in [5, 5.41) is 12.5. The molecule has 7 heteroatoms. The number of benzene rings is 2. The number of nitrogens with one attached hydrogen (secondary N) is 1. The van der Waals surface area contributed by atoms with Crippen molar-refractivity contribution in [2.45, 2.75) is 31.2 Å². The van der Waals surface area contributed by atoms with Crippen molar-refractivity contribution in [2.75, 3.05) is 17.6 Å². The molecule has 4 rings (SSSR count). The third-order valence-electron chi connectivity index (χ3n) is 5.06. The number of hydrogen-bond donors (Lipinski definition) is 1. The predicted molar refractivity (Wildman–Crippen MR) is 115 cm³/mol. The van der Waals surface area contributed by atoms with Gasteiger partial charge in [0.1, 0.15) is 0 Å². The lowest BCUT2D eigenvalue weighted by Crippen LogP contribution is -2.37. The second-order valence-electron chi connectivity index (χ2n) is 6.87. The number of aromatic nitrogens is 2. The van der Waals surface area contributed by atoms with Crippen LogP contribution < -0.4 is 5.32 Å². The number of nitrogens with zero attached hydrogens (tertiary/aromatic N) is 3. The topological polar surface area (TPSA) is 58.1 Å². The van der Waals surface area contributed by atoms with Crippen LogP contribution in [0.3, 0.4) is 0 Å². The molecule has 0 radical (unpaired) electrons. The fourth-order valence-electron chi connectivity index (χ4n) is 3.24. The van der Waals surface area contributed by atoms with E-state index in [0.717, 1.165) is 28.1 Å². The summed E-state index contributed by atoms with van der Waals surface area (Å²) in [6, 6.07) is 14.5. The minimum absolute atomic E-state index is 0.152. The lowest BCUT2D eigenvalue weighted by atomic mass is 10.00. The quantitative estimate of drug-likeness (QED) is 0.624. The Morgan fingerprint density at radius 2 is 1.96 bits per heavy atom. The second-order valence-corrected chi connectivity index (χ2v) is 9.07. The summed E-state index contributed by atoms with van der Waals surface area (Å²) < 4.78 is 0.804. The smallest absolute Gasteiger partial charge is 0.233 e. The molecule has 28 heavy (non-hydrogen) atoms. The van der Waals surface area contributed by atoms with Crippen LogP contribution >= 0.6 is 23.1 Å². The maximum absolute atomic E-state index is 12.6. The van der Waals surface area contributed by atoms with Crippen molar-refractivity contribution in [2.24, 2.45) is 0 Å². The number of carbonyl (C=O) groups is 1. The number of aryl methyl sites for hydroxylation is 1. The van der Waals surface area contributed by atoms with Gasteiger partial charge in [-0.15, -0.1) is 10.2 Å². The molecule has 1 aromatic heterocycles. The molecule has 0 unspecified atom stereocenters. The van der Waals surface area contributed by atoms with Crippen molar-refractivity contribution < 1.29 is 4.79 Å². The van der Waals surface area contributed by atoms with Gasteiger partial charge >= 0.3 is 0 Å². The standard InChI is InChI=1S/C21H22N4OS2/c1-14-6-5-9-18(15(14)2)22-20-23-24-21(28-20)27-13-19(26)25-11-10-16-7-3-4-8-17(16)12-25/h3-9H,10-13H2,1-2H3,(H,22,23). The van der Waals surface area contributed by atoms with Crippen LogP contribution in [0.4, 0.5) is 10.8 Å². The molecule has 2 heterocycles. The monoisotopic (exact) mass is 410 g/mol. The minimum Gasteiger partial charge on any atom is -0.337 e. The molecule has 1 aliphatic rings. The summed E-state index contributed by atoms with van der Waals surface area (Å²) in [4.78, 5) is 14.5. The number of carbonyl (C=O) groups excluding carboxylic acids is 1. The summed E-state index contributed by atoms with van der Waals surface area (Å²) in [6.45, 7) is 5.66. The third kappa shape index (κ3) is 4.20. The Morgan fingerprint density at radius 3 is 2.82 bits per heavy atom. The molecule has 1 aliphatic heterocycles. The molecule has 0 bridgehead atoms. The van der Waals surface area contributed by atoms with Gasteiger partial charge in [0.05, 0.1) is 5.75 Å². The van der Waals surface area contributed by atoms with Crippen molar-refractivity contribution in [1.82, 2.24) is 15.1 Å². The molecule has 144 valence electrons. The molecule has 2 aromatic carbocycles. The fraction of sp³-hybridized carbons (Fsp3) is 0.286. The number of fused-ring (bicyclic) bond motifs is 1. The van der Waals surface area contributed by atoms with Gasteiger partial charge in [0, 0.05) is 18.8 Å². The first-order chi connectivity index (χ1) is 13.6. The van der Waals surface area contributed by atoms with Gasteiger partial charge in [-0.3, -0.25) is 4.79 Å². The molecular formula is C21H22N4OS2. The maximum Gasteiger partial charge on any atom is 0.233 e. The normalized spacial score (nSPS) is 13.3. The Kier molecular flexibility index (Phi) is 5.64. The Bertz CT molecular complexity index is 1000. The highest BCUT2D eigenvalue weighted by molar-refractivity contribution is 8.01. The summed E-state index contributed by atoms with van der Waals surface area (Å²) in [6.07, 6.45) is 0.926. The average molecular weight is 411 g/mol. The van der Waals surface area contributed by atoms with E-state index in [1.807, 2.05) is 23.1 Å². The molecule has 1 N–H and O–H groups in total. The number of rotatable bonds is 5. The van der Waals surface area contributed by atoms with E-state index in [9.17, 15) is 4.79 Å². The zero-order valence-electron chi connectivity index (χ0n) is 15.9. The van der Waals surface area contributed by atoms with Crippen LogP contribution in [0.2, 0.25) is 0 Å². The molecule has 0 saturated heterocycles. The average Bonchev–Trinajstić information content (AvgIpc) is 3.16. The first kappa shape index (κ1) is 19.0. The van der Waals surface area contributed by atoms with Gasteiger partial charge in [0.2, 0.25) is 11.0 Å². The summed E-state index contributed by atoms with van der Waals surface area (Å²) in [7, 11) is 0. The lowest BCUT2D eigenvalue weighted by Gasteiger charge is -2.28. The zero-order chi connectivity index (χ0) is 19.5. The molecule has 0 saturated carbocycles. The summed E-state index contributed by atoms with van der Waals surface area (Å²) in [5.74, 6) is 0.541. The van der Waals surface area contributed by atoms with E-state index in [2.05, 4.69) is 53.6 Å². The Balaban J connectivity index is 1.33. The largest absolute Gasteiger partial charge is 0.337 e. The molecule has 0 atom stereocenters. The highest BCUT2D eigenvalue weighted by atomic mass is 32.2. The van der Waals surface area contributed by atoms with Crippen LogP contribution in [-0.2, 0) is 17.8 Å². The predicted octanol–water partition coefficient (Wildman–Crippen LogP) is 4.58. The van der Waals surface area contributed by atoms with Crippen molar-refractivity contribution in [3.8, 4) is 0 Å². The van der Waals surface area contributed by atoms with E-state index in [0.29, 0.717) is 12.3 Å². The van der Waals surface area contributed by atoms with E-state index in [1.54, 1.807) is 0 Å². The van der Waals surface area contributed by atoms with E-state index >= 15 is 0 Å². The number of thioether (sulfide) groups is 1. The van der Waals surface area contributed by atoms with Crippen LogP contribution in [0.5, 0.6) is 0 Å². The molecule has 3 aromatic rings. The van der Waals surface area contributed by atoms with Crippen molar-refractivity contribution >= 4 is 39.8 Å². The van der Waals surface area contributed by atoms with Crippen LogP contribution in [0.25, 0.3) is 0 Å². The fourth-order valence-corrected chi connectivity index (χ4v) is 4.91. The van der Waals surface area contributed by atoms with E-state index in [4.69, 9.17) is 0 Å². The van der Waals surface area contributed by atoms with Gasteiger partial charge in [-0.25, -0.2) is 0 Å². The van der Waals surface area contributed by atoms with Crippen LogP contribution in [0.15, 0.2) is 46.8 Å². The van der Waals surface area contributed by atoms with Crippen molar-refractivity contribution in [3.63, 3.8) is 0 Å². The first-order valence-corrected chi connectivity index (χ1v) is 11.0. The van der Waals surface area contributed by atoms with Crippen LogP contribution in [-0.4, -0.2) is 33.3 Å². The van der Waals surface area contributed by atoms with Crippen molar-refractivity contribution in [1.29, 1.82) is 0 Å². The number of hydrogen-bond acceptors (Lipinski definition) is 6. The Hall–Kier alpha value is -2.38. The molecule has 5 nitrogen and oxygen atoms in total. The molecule has 1 amide bonds. The first-order valence-electron chi connectivity index (χ1n) is 9.24. The highest BCUT2D eigenvalue weighted by Gasteiger charge is 2.20. The SMILES string of the molecule is Cc1cccc(Nc2nnc(SCC(=O)N3CCc4ccccc4C3)s2)c1C. The van der Waals surface area contributed by atoms with E-state index < -0.39 is 0 Å². The van der Waals surface area contributed by atoms with Gasteiger partial charge in [-0.2, -0.15) is 0 Å². The summed E-state index contributed by atoms with van der Waals surface area (Å²) >= 11 is 2.93. The third-order valence-corrected chi connectivity index (χ3v) is 7.01. The minimum atomic E-state index is 0.152. The number of amides is 1. The van der Waals surface area contributed by atoms with Gasteiger partial charge < -0.3 is 10.2 Å². The van der Waals surface area contributed by atoms with Gasteiger partial charge in [-0.1, -0.05) is 59.5 Å². The molecule has 0 spiro atoms. The van der Waals surface area contributed by atoms with E-state index in [-0.39, 0.29) is 5.91 Å². The van der Waals surface area contributed by atoms with E-state index in [1.165, 1.54) is 45.4 Å². The lowest BCUT2D eigenvalue weighted by molar-refractivity contribution is -0.129. The van der Waals surface area contributed by atoms with Gasteiger partial charge in [0.25, 0.3) is 0 Å². The maximum atomic E-state index is 12.6. The highest BCUT2D eigenvalue weighted by Crippen LogP contribution is 2.30. The van der Waals surface area contributed by atoms with Crippen LogP contribution in [0, 0.1) is 13.8 Å². The summed E-state index contributed by atoms with van der Waals surface area (Å²) in [5.41, 5.74) is 6.08. The Labute approximate surface area is 173 Å². The molecule has 0 aliphatic carbocycles. The van der Waals surface area contributed by atoms with Crippen molar-refractivity contribution in [3.05, 3.63) is 64.7 Å². The zero-order valence-corrected chi connectivity index (χ0v) is 17.6. The molecular weight excluding hydrogens is 388 g/mol.